The van der Waals surface area contributed by atoms with Gasteiger partial charge in [-0.25, -0.2) is 0 Å². The van der Waals surface area contributed by atoms with E-state index in [4.69, 9.17) is 9.47 Å². The minimum Gasteiger partial charge on any atom is -0.490 e. The monoisotopic (exact) mass is 181 g/mol. The van der Waals surface area contributed by atoms with Crippen molar-refractivity contribution in [1.29, 1.82) is 0 Å². The Labute approximate surface area is 78.7 Å². The lowest BCUT2D eigenvalue weighted by Crippen LogP contribution is -2.06. The van der Waals surface area contributed by atoms with E-state index in [-0.39, 0.29) is 0 Å². The third kappa shape index (κ3) is 3.90. The van der Waals surface area contributed by atoms with E-state index in [9.17, 15) is 0 Å². The van der Waals surface area contributed by atoms with E-state index in [1.165, 1.54) is 0 Å². The van der Waals surface area contributed by atoms with Crippen LogP contribution in [0.2, 0.25) is 0 Å². The Morgan fingerprint density at radius 3 is 2.77 bits per heavy atom. The first kappa shape index (κ1) is 9.99. The topological polar surface area (TPSA) is 31.4 Å². The highest BCUT2D eigenvalue weighted by molar-refractivity contribution is 5.18. The molecule has 0 spiro atoms. The molecule has 1 heterocycles. The number of ether oxygens (including phenoxy) is 2. The maximum atomic E-state index is 5.38. The molecule has 0 atom stereocenters. The summed E-state index contributed by atoms with van der Waals surface area (Å²) in [4.78, 5) is 4.11. The van der Waals surface area contributed by atoms with Gasteiger partial charge >= 0.3 is 0 Å². The summed E-state index contributed by atoms with van der Waals surface area (Å²) in [6.45, 7) is 5.86. The summed E-state index contributed by atoms with van der Waals surface area (Å²) >= 11 is 0. The summed E-state index contributed by atoms with van der Waals surface area (Å²) in [5, 5.41) is 0. The van der Waals surface area contributed by atoms with Gasteiger partial charge in [0, 0.05) is 12.3 Å². The smallest absolute Gasteiger partial charge is 0.137 e. The lowest BCUT2D eigenvalue weighted by Gasteiger charge is -2.05. The first-order valence-electron chi connectivity index (χ1n) is 4.46. The van der Waals surface area contributed by atoms with Crippen molar-refractivity contribution >= 4 is 0 Å². The van der Waals surface area contributed by atoms with E-state index in [0.29, 0.717) is 13.2 Å². The molecule has 0 aromatic carbocycles. The minimum absolute atomic E-state index is 0.582. The van der Waals surface area contributed by atoms with Crippen LogP contribution in [0.15, 0.2) is 18.3 Å². The number of aryl methyl sites for hydroxylation is 1. The molecule has 0 bridgehead atoms. The van der Waals surface area contributed by atoms with E-state index in [2.05, 4.69) is 4.98 Å². The van der Waals surface area contributed by atoms with Crippen molar-refractivity contribution in [2.45, 2.75) is 13.8 Å². The number of pyridine rings is 1. The average Bonchev–Trinajstić information content (AvgIpc) is 2.15. The molecule has 0 saturated heterocycles. The van der Waals surface area contributed by atoms with Crippen LogP contribution in [0.4, 0.5) is 0 Å². The molecule has 0 fully saturated rings. The van der Waals surface area contributed by atoms with E-state index in [1.807, 2.05) is 26.0 Å². The van der Waals surface area contributed by atoms with Crippen LogP contribution < -0.4 is 4.74 Å². The Hall–Kier alpha value is -1.09. The lowest BCUT2D eigenvalue weighted by molar-refractivity contribution is 0.110. The number of nitrogens with zero attached hydrogens (tertiary/aromatic N) is 1. The van der Waals surface area contributed by atoms with Crippen molar-refractivity contribution in [3.8, 4) is 5.75 Å². The van der Waals surface area contributed by atoms with Gasteiger partial charge < -0.3 is 9.47 Å². The Balaban J connectivity index is 2.25. The van der Waals surface area contributed by atoms with Crippen molar-refractivity contribution in [2.75, 3.05) is 19.8 Å². The Morgan fingerprint density at radius 1 is 1.31 bits per heavy atom. The Kier molecular flexibility index (Phi) is 4.26. The summed E-state index contributed by atoms with van der Waals surface area (Å²) in [5.41, 5.74) is 0.997. The van der Waals surface area contributed by atoms with E-state index < -0.39 is 0 Å². The number of rotatable bonds is 5. The highest BCUT2D eigenvalue weighted by Gasteiger charge is 1.92. The average molecular weight is 181 g/mol. The van der Waals surface area contributed by atoms with E-state index in [0.717, 1.165) is 18.1 Å². The number of aromatic nitrogens is 1. The van der Waals surface area contributed by atoms with Gasteiger partial charge in [0.15, 0.2) is 0 Å². The molecule has 13 heavy (non-hydrogen) atoms. The molecule has 0 N–H and O–H groups in total. The predicted molar refractivity (Wildman–Crippen MR) is 51.0 cm³/mol. The van der Waals surface area contributed by atoms with E-state index >= 15 is 0 Å². The lowest BCUT2D eigenvalue weighted by atomic mass is 10.4. The molecule has 0 radical (unpaired) electrons. The molecule has 1 aromatic heterocycles. The molecule has 0 aliphatic carbocycles. The fourth-order valence-corrected chi connectivity index (χ4v) is 0.902. The van der Waals surface area contributed by atoms with Gasteiger partial charge in [-0.05, 0) is 26.0 Å². The summed E-state index contributed by atoms with van der Waals surface area (Å²) in [6.07, 6.45) is 1.72. The first-order chi connectivity index (χ1) is 6.33. The number of hydrogen-bond acceptors (Lipinski definition) is 3. The van der Waals surface area contributed by atoms with Crippen molar-refractivity contribution in [3.63, 3.8) is 0 Å². The summed E-state index contributed by atoms with van der Waals surface area (Å²) in [7, 11) is 0. The van der Waals surface area contributed by atoms with Crippen LogP contribution in [0.1, 0.15) is 12.6 Å². The van der Waals surface area contributed by atoms with E-state index in [1.54, 1.807) is 6.20 Å². The Morgan fingerprint density at radius 2 is 2.15 bits per heavy atom. The predicted octanol–water partition coefficient (Wildman–Crippen LogP) is 1.81. The van der Waals surface area contributed by atoms with Gasteiger partial charge in [-0.1, -0.05) is 0 Å². The maximum absolute atomic E-state index is 5.38. The second kappa shape index (κ2) is 5.54. The summed E-state index contributed by atoms with van der Waals surface area (Å²) in [6, 6.07) is 3.84. The van der Waals surface area contributed by atoms with Gasteiger partial charge in [0.1, 0.15) is 12.4 Å². The molecule has 0 amide bonds. The van der Waals surface area contributed by atoms with Crippen LogP contribution in [0.25, 0.3) is 0 Å². The van der Waals surface area contributed by atoms with Gasteiger partial charge in [0.25, 0.3) is 0 Å². The molecule has 0 aliphatic heterocycles. The van der Waals surface area contributed by atoms with Crippen molar-refractivity contribution in [1.82, 2.24) is 4.98 Å². The minimum atomic E-state index is 0.582. The normalized spacial score (nSPS) is 10.0. The van der Waals surface area contributed by atoms with Crippen LogP contribution in [0.3, 0.4) is 0 Å². The van der Waals surface area contributed by atoms with Crippen molar-refractivity contribution < 1.29 is 9.47 Å². The second-order valence-corrected chi connectivity index (χ2v) is 2.68. The third-order valence-electron chi connectivity index (χ3n) is 1.58. The van der Waals surface area contributed by atoms with Crippen LogP contribution >= 0.6 is 0 Å². The largest absolute Gasteiger partial charge is 0.490 e. The quantitative estimate of drug-likeness (QED) is 0.649. The van der Waals surface area contributed by atoms with Crippen LogP contribution in [0, 0.1) is 6.92 Å². The molecule has 0 saturated carbocycles. The fourth-order valence-electron chi connectivity index (χ4n) is 0.902. The molecule has 0 unspecified atom stereocenters. The van der Waals surface area contributed by atoms with Gasteiger partial charge in [0.2, 0.25) is 0 Å². The molecular weight excluding hydrogens is 166 g/mol. The van der Waals surface area contributed by atoms with Gasteiger partial charge in [-0.3, -0.25) is 4.98 Å². The summed E-state index contributed by atoms with van der Waals surface area (Å²) < 4.78 is 10.5. The standard InChI is InChI=1S/C10H15NO2/c1-3-12-6-7-13-10-5-4-9(2)11-8-10/h4-5,8H,3,6-7H2,1-2H3. The fraction of sp³-hybridized carbons (Fsp3) is 0.500. The van der Waals surface area contributed by atoms with Gasteiger partial charge in [-0.15, -0.1) is 0 Å². The van der Waals surface area contributed by atoms with Gasteiger partial charge in [-0.2, -0.15) is 0 Å². The highest BCUT2D eigenvalue weighted by atomic mass is 16.5. The molecule has 3 nitrogen and oxygen atoms in total. The molecular formula is C10H15NO2. The number of hydrogen-bond donors (Lipinski definition) is 0. The molecule has 1 aromatic rings. The zero-order valence-corrected chi connectivity index (χ0v) is 8.12. The Bertz CT molecular complexity index is 233. The third-order valence-corrected chi connectivity index (χ3v) is 1.58. The first-order valence-corrected chi connectivity index (χ1v) is 4.46. The van der Waals surface area contributed by atoms with Crippen molar-refractivity contribution in [3.05, 3.63) is 24.0 Å². The molecule has 3 heteroatoms. The summed E-state index contributed by atoms with van der Waals surface area (Å²) in [5.74, 6) is 0.797. The SMILES string of the molecule is CCOCCOc1ccc(C)nc1. The van der Waals surface area contributed by atoms with Crippen LogP contribution in [0.5, 0.6) is 5.75 Å². The van der Waals surface area contributed by atoms with Gasteiger partial charge in [0.05, 0.1) is 12.8 Å². The zero-order chi connectivity index (χ0) is 9.52. The van der Waals surface area contributed by atoms with Crippen LogP contribution in [-0.4, -0.2) is 24.8 Å². The molecule has 0 aliphatic rings. The zero-order valence-electron chi connectivity index (χ0n) is 8.12. The second-order valence-electron chi connectivity index (χ2n) is 2.68. The molecule has 72 valence electrons. The van der Waals surface area contributed by atoms with Crippen LogP contribution in [-0.2, 0) is 4.74 Å². The maximum Gasteiger partial charge on any atom is 0.137 e. The molecule has 1 rings (SSSR count). The van der Waals surface area contributed by atoms with Crippen molar-refractivity contribution in [2.24, 2.45) is 0 Å². The highest BCUT2D eigenvalue weighted by Crippen LogP contribution is 2.07.